The first-order valence-corrected chi connectivity index (χ1v) is 7.46. The van der Waals surface area contributed by atoms with Crippen LogP contribution in [0.4, 0.5) is 5.13 Å². The van der Waals surface area contributed by atoms with Crippen LogP contribution in [-0.4, -0.2) is 37.3 Å². The summed E-state index contributed by atoms with van der Waals surface area (Å²) in [7, 11) is 1.80. The fourth-order valence-electron chi connectivity index (χ4n) is 2.11. The van der Waals surface area contributed by atoms with Gasteiger partial charge in [0, 0.05) is 43.9 Å². The number of hydrogen-bond donors (Lipinski definition) is 1. The fourth-order valence-corrected chi connectivity index (χ4v) is 3.03. The molecule has 18 heavy (non-hydrogen) atoms. The number of anilines is 1. The Morgan fingerprint density at radius 2 is 2.22 bits per heavy atom. The molecule has 102 valence electrons. The molecule has 1 aliphatic heterocycles. The van der Waals surface area contributed by atoms with E-state index >= 15 is 0 Å². The summed E-state index contributed by atoms with van der Waals surface area (Å²) in [5.41, 5.74) is 0. The van der Waals surface area contributed by atoms with Crippen LogP contribution >= 0.6 is 11.3 Å². The molecule has 5 heteroatoms. The summed E-state index contributed by atoms with van der Waals surface area (Å²) < 4.78 is 5.39. The molecule has 2 rings (SSSR count). The fraction of sp³-hybridized carbons (Fsp3) is 0.769. The first kappa shape index (κ1) is 13.8. The van der Waals surface area contributed by atoms with E-state index in [-0.39, 0.29) is 0 Å². The van der Waals surface area contributed by atoms with E-state index in [0.717, 1.165) is 37.6 Å². The second kappa shape index (κ2) is 6.50. The SMILES string of the molecule is COC1CCN(c2ncc(CNC(C)C)s2)CC1. The molecule has 0 spiro atoms. The summed E-state index contributed by atoms with van der Waals surface area (Å²) in [6, 6.07) is 0.521. The minimum absolute atomic E-state index is 0.434. The normalized spacial score (nSPS) is 17.7. The Labute approximate surface area is 113 Å². The average molecular weight is 269 g/mol. The van der Waals surface area contributed by atoms with Crippen LogP contribution in [0.1, 0.15) is 31.6 Å². The minimum atomic E-state index is 0.434. The zero-order valence-corrected chi connectivity index (χ0v) is 12.3. The van der Waals surface area contributed by atoms with Crippen molar-refractivity contribution in [3.63, 3.8) is 0 Å². The summed E-state index contributed by atoms with van der Waals surface area (Å²) in [6.07, 6.45) is 4.65. The van der Waals surface area contributed by atoms with E-state index in [1.807, 2.05) is 6.20 Å². The number of aromatic nitrogens is 1. The van der Waals surface area contributed by atoms with Gasteiger partial charge in [-0.3, -0.25) is 0 Å². The third-order valence-corrected chi connectivity index (χ3v) is 4.33. The van der Waals surface area contributed by atoms with Crippen molar-refractivity contribution in [3.05, 3.63) is 11.1 Å². The van der Waals surface area contributed by atoms with Gasteiger partial charge in [-0.2, -0.15) is 0 Å². The van der Waals surface area contributed by atoms with Crippen molar-refractivity contribution in [2.75, 3.05) is 25.1 Å². The maximum absolute atomic E-state index is 5.39. The van der Waals surface area contributed by atoms with Gasteiger partial charge in [0.2, 0.25) is 0 Å². The lowest BCUT2D eigenvalue weighted by Gasteiger charge is -2.30. The van der Waals surface area contributed by atoms with Crippen LogP contribution in [0.2, 0.25) is 0 Å². The summed E-state index contributed by atoms with van der Waals surface area (Å²) in [5, 5.41) is 4.58. The van der Waals surface area contributed by atoms with Gasteiger partial charge < -0.3 is 15.0 Å². The molecule has 0 amide bonds. The Bertz CT molecular complexity index is 359. The van der Waals surface area contributed by atoms with Crippen LogP contribution in [0.5, 0.6) is 0 Å². The smallest absolute Gasteiger partial charge is 0.185 e. The molecule has 4 nitrogen and oxygen atoms in total. The molecule has 1 fully saturated rings. The van der Waals surface area contributed by atoms with E-state index in [1.54, 1.807) is 18.4 Å². The Balaban J connectivity index is 1.86. The Hall–Kier alpha value is -0.650. The van der Waals surface area contributed by atoms with Crippen LogP contribution in [0.3, 0.4) is 0 Å². The highest BCUT2D eigenvalue weighted by atomic mass is 32.1. The van der Waals surface area contributed by atoms with Gasteiger partial charge in [0.05, 0.1) is 6.10 Å². The molecule has 1 saturated heterocycles. The number of nitrogens with one attached hydrogen (secondary N) is 1. The van der Waals surface area contributed by atoms with Crippen molar-refractivity contribution >= 4 is 16.5 Å². The van der Waals surface area contributed by atoms with E-state index in [2.05, 4.69) is 29.0 Å². The highest BCUT2D eigenvalue weighted by Crippen LogP contribution is 2.26. The molecule has 0 bridgehead atoms. The van der Waals surface area contributed by atoms with E-state index in [0.29, 0.717) is 12.1 Å². The maximum atomic E-state index is 5.39. The first-order valence-electron chi connectivity index (χ1n) is 6.65. The predicted molar refractivity (Wildman–Crippen MR) is 76.3 cm³/mol. The standard InChI is InChI=1S/C13H23N3OS/c1-10(2)14-8-12-9-15-13(18-12)16-6-4-11(17-3)5-7-16/h9-11,14H,4-8H2,1-3H3. The largest absolute Gasteiger partial charge is 0.381 e. The molecular formula is C13H23N3OS. The summed E-state index contributed by atoms with van der Waals surface area (Å²) >= 11 is 1.80. The minimum Gasteiger partial charge on any atom is -0.381 e. The second-order valence-electron chi connectivity index (χ2n) is 5.07. The number of hydrogen-bond acceptors (Lipinski definition) is 5. The molecule has 1 aromatic heterocycles. The molecule has 0 radical (unpaired) electrons. The van der Waals surface area contributed by atoms with Crippen molar-refractivity contribution < 1.29 is 4.74 Å². The van der Waals surface area contributed by atoms with Gasteiger partial charge >= 0.3 is 0 Å². The van der Waals surface area contributed by atoms with E-state index in [4.69, 9.17) is 4.74 Å². The first-order chi connectivity index (χ1) is 8.69. The number of nitrogens with zero attached hydrogens (tertiary/aromatic N) is 2. The molecule has 0 aromatic carbocycles. The van der Waals surface area contributed by atoms with E-state index < -0.39 is 0 Å². The van der Waals surface area contributed by atoms with E-state index in [1.165, 1.54) is 4.88 Å². The lowest BCUT2D eigenvalue weighted by atomic mass is 10.1. The number of rotatable bonds is 5. The predicted octanol–water partition coefficient (Wildman–Crippen LogP) is 2.26. The molecule has 0 aliphatic carbocycles. The van der Waals surface area contributed by atoms with Crippen LogP contribution in [-0.2, 0) is 11.3 Å². The van der Waals surface area contributed by atoms with Gasteiger partial charge in [-0.25, -0.2) is 4.98 Å². The maximum Gasteiger partial charge on any atom is 0.185 e. The Kier molecular flexibility index (Phi) is 4.97. The van der Waals surface area contributed by atoms with E-state index in [9.17, 15) is 0 Å². The molecule has 1 N–H and O–H groups in total. The van der Waals surface area contributed by atoms with Crippen LogP contribution in [0.25, 0.3) is 0 Å². The van der Waals surface area contributed by atoms with Gasteiger partial charge in [-0.15, -0.1) is 11.3 Å². The molecule has 1 aromatic rings. The van der Waals surface area contributed by atoms with Gasteiger partial charge in [0.1, 0.15) is 0 Å². The Morgan fingerprint density at radius 1 is 1.50 bits per heavy atom. The number of ether oxygens (including phenoxy) is 1. The van der Waals surface area contributed by atoms with Crippen LogP contribution in [0.15, 0.2) is 6.20 Å². The zero-order chi connectivity index (χ0) is 13.0. The highest BCUT2D eigenvalue weighted by molar-refractivity contribution is 7.15. The third kappa shape index (κ3) is 3.67. The quantitative estimate of drug-likeness (QED) is 0.889. The monoisotopic (exact) mass is 269 g/mol. The zero-order valence-electron chi connectivity index (χ0n) is 11.5. The molecule has 0 saturated carbocycles. The summed E-state index contributed by atoms with van der Waals surface area (Å²) in [6.45, 7) is 7.37. The van der Waals surface area contributed by atoms with Crippen molar-refractivity contribution in [1.29, 1.82) is 0 Å². The average Bonchev–Trinajstić information content (AvgIpc) is 2.85. The number of thiazole rings is 1. The Morgan fingerprint density at radius 3 is 2.83 bits per heavy atom. The lowest BCUT2D eigenvalue weighted by molar-refractivity contribution is 0.0819. The topological polar surface area (TPSA) is 37.4 Å². The number of methoxy groups -OCH3 is 1. The number of piperidine rings is 1. The van der Waals surface area contributed by atoms with Crippen molar-refractivity contribution in [3.8, 4) is 0 Å². The second-order valence-corrected chi connectivity index (χ2v) is 6.16. The van der Waals surface area contributed by atoms with Gasteiger partial charge in [0.25, 0.3) is 0 Å². The van der Waals surface area contributed by atoms with Crippen LogP contribution in [0, 0.1) is 0 Å². The molecule has 1 aliphatic rings. The summed E-state index contributed by atoms with van der Waals surface area (Å²) in [5.74, 6) is 0. The van der Waals surface area contributed by atoms with Crippen LogP contribution < -0.4 is 10.2 Å². The third-order valence-electron chi connectivity index (χ3n) is 3.27. The van der Waals surface area contributed by atoms with Gasteiger partial charge in [0.15, 0.2) is 5.13 Å². The molecule has 0 atom stereocenters. The van der Waals surface area contributed by atoms with Crippen molar-refractivity contribution in [1.82, 2.24) is 10.3 Å². The molecule has 0 unspecified atom stereocenters. The molecular weight excluding hydrogens is 246 g/mol. The van der Waals surface area contributed by atoms with Crippen molar-refractivity contribution in [2.24, 2.45) is 0 Å². The van der Waals surface area contributed by atoms with Gasteiger partial charge in [-0.05, 0) is 12.8 Å². The van der Waals surface area contributed by atoms with Crippen molar-refractivity contribution in [2.45, 2.75) is 45.4 Å². The molecule has 2 heterocycles. The van der Waals surface area contributed by atoms with Gasteiger partial charge in [-0.1, -0.05) is 13.8 Å². The summed E-state index contributed by atoms with van der Waals surface area (Å²) in [4.78, 5) is 8.22. The lowest BCUT2D eigenvalue weighted by Crippen LogP contribution is -2.36. The highest BCUT2D eigenvalue weighted by Gasteiger charge is 2.20.